The van der Waals surface area contributed by atoms with E-state index in [2.05, 4.69) is 10.3 Å². The SMILES string of the molecule is COc1ccc(NC(=O)COc2ccc(F)cc2F)cc1OCc1ccncc1. The number of nitrogens with one attached hydrogen (secondary N) is 1. The fourth-order valence-corrected chi connectivity index (χ4v) is 2.44. The van der Waals surface area contributed by atoms with Gasteiger partial charge in [0.25, 0.3) is 5.91 Å². The highest BCUT2D eigenvalue weighted by Crippen LogP contribution is 2.31. The molecule has 2 aromatic carbocycles. The molecule has 0 aliphatic heterocycles. The first-order chi connectivity index (χ1) is 14.0. The number of halogens is 2. The Kier molecular flexibility index (Phi) is 6.57. The maximum atomic E-state index is 13.6. The number of methoxy groups -OCH3 is 1. The van der Waals surface area contributed by atoms with Crippen molar-refractivity contribution >= 4 is 11.6 Å². The van der Waals surface area contributed by atoms with E-state index in [-0.39, 0.29) is 5.75 Å². The first kappa shape index (κ1) is 20.1. The van der Waals surface area contributed by atoms with Crippen molar-refractivity contribution in [1.82, 2.24) is 4.98 Å². The third-order valence-corrected chi connectivity index (χ3v) is 3.84. The number of aromatic nitrogens is 1. The third-order valence-electron chi connectivity index (χ3n) is 3.84. The maximum Gasteiger partial charge on any atom is 0.262 e. The van der Waals surface area contributed by atoms with Crippen molar-refractivity contribution in [3.63, 3.8) is 0 Å². The number of carbonyl (C=O) groups is 1. The first-order valence-corrected chi connectivity index (χ1v) is 8.62. The topological polar surface area (TPSA) is 69.7 Å². The summed E-state index contributed by atoms with van der Waals surface area (Å²) in [5, 5.41) is 2.63. The summed E-state index contributed by atoms with van der Waals surface area (Å²) >= 11 is 0. The van der Waals surface area contributed by atoms with Crippen molar-refractivity contribution in [3.8, 4) is 17.2 Å². The number of hydrogen-bond acceptors (Lipinski definition) is 5. The molecule has 0 aliphatic rings. The van der Waals surface area contributed by atoms with Gasteiger partial charge in [-0.3, -0.25) is 9.78 Å². The van der Waals surface area contributed by atoms with Crippen molar-refractivity contribution in [1.29, 1.82) is 0 Å². The van der Waals surface area contributed by atoms with Crippen molar-refractivity contribution in [2.75, 3.05) is 19.0 Å². The van der Waals surface area contributed by atoms with Gasteiger partial charge < -0.3 is 19.5 Å². The van der Waals surface area contributed by atoms with Gasteiger partial charge >= 0.3 is 0 Å². The normalized spacial score (nSPS) is 10.3. The molecule has 0 atom stereocenters. The summed E-state index contributed by atoms with van der Waals surface area (Å²) < 4.78 is 42.6. The number of hydrogen-bond donors (Lipinski definition) is 1. The standard InChI is InChI=1S/C21H18F2N2O4/c1-27-19-5-3-16(11-20(19)28-12-14-6-8-24-9-7-14)25-21(26)13-29-18-4-2-15(22)10-17(18)23/h2-11H,12-13H2,1H3,(H,25,26). The summed E-state index contributed by atoms with van der Waals surface area (Å²) in [4.78, 5) is 16.0. The van der Waals surface area contributed by atoms with Crippen LogP contribution < -0.4 is 19.5 Å². The highest BCUT2D eigenvalue weighted by molar-refractivity contribution is 5.92. The number of ether oxygens (including phenoxy) is 3. The smallest absolute Gasteiger partial charge is 0.262 e. The van der Waals surface area contributed by atoms with E-state index in [9.17, 15) is 13.6 Å². The number of nitrogens with zero attached hydrogens (tertiary/aromatic N) is 1. The molecule has 1 heterocycles. The van der Waals surface area contributed by atoms with E-state index >= 15 is 0 Å². The van der Waals surface area contributed by atoms with Crippen molar-refractivity contribution in [2.45, 2.75) is 6.61 Å². The zero-order chi connectivity index (χ0) is 20.6. The van der Waals surface area contributed by atoms with E-state index in [4.69, 9.17) is 14.2 Å². The lowest BCUT2D eigenvalue weighted by Gasteiger charge is -2.13. The molecule has 0 bridgehead atoms. The van der Waals surface area contributed by atoms with Crippen LogP contribution in [-0.4, -0.2) is 24.6 Å². The Morgan fingerprint density at radius 1 is 0.966 bits per heavy atom. The van der Waals surface area contributed by atoms with Gasteiger partial charge in [0.05, 0.1) is 7.11 Å². The van der Waals surface area contributed by atoms with Crippen LogP contribution in [0.1, 0.15) is 5.56 Å². The molecule has 29 heavy (non-hydrogen) atoms. The van der Waals surface area contributed by atoms with Gasteiger partial charge in [-0.25, -0.2) is 8.78 Å². The van der Waals surface area contributed by atoms with Crippen LogP contribution in [0.3, 0.4) is 0 Å². The second-order valence-electron chi connectivity index (χ2n) is 5.92. The average molecular weight is 400 g/mol. The van der Waals surface area contributed by atoms with Crippen LogP contribution in [0.15, 0.2) is 60.9 Å². The predicted octanol–water partition coefficient (Wildman–Crippen LogP) is 3.96. The van der Waals surface area contributed by atoms with Gasteiger partial charge in [-0.15, -0.1) is 0 Å². The highest BCUT2D eigenvalue weighted by atomic mass is 19.1. The molecule has 3 rings (SSSR count). The zero-order valence-electron chi connectivity index (χ0n) is 15.5. The third kappa shape index (κ3) is 5.65. The second kappa shape index (κ2) is 9.50. The van der Waals surface area contributed by atoms with Gasteiger partial charge in [-0.1, -0.05) is 0 Å². The number of benzene rings is 2. The molecule has 8 heteroatoms. The van der Waals surface area contributed by atoms with Crippen molar-refractivity contribution < 1.29 is 27.8 Å². The van der Waals surface area contributed by atoms with E-state index in [1.807, 2.05) is 12.1 Å². The molecule has 150 valence electrons. The molecule has 1 aromatic heterocycles. The molecule has 1 amide bonds. The highest BCUT2D eigenvalue weighted by Gasteiger charge is 2.11. The van der Waals surface area contributed by atoms with E-state index in [0.717, 1.165) is 17.7 Å². The van der Waals surface area contributed by atoms with Crippen LogP contribution in [0.4, 0.5) is 14.5 Å². The average Bonchev–Trinajstić information content (AvgIpc) is 2.72. The molecule has 0 radical (unpaired) electrons. The molecular weight excluding hydrogens is 382 g/mol. The summed E-state index contributed by atoms with van der Waals surface area (Å²) in [6.45, 7) is -0.148. The van der Waals surface area contributed by atoms with Crippen molar-refractivity contribution in [2.24, 2.45) is 0 Å². The van der Waals surface area contributed by atoms with Gasteiger partial charge in [0, 0.05) is 30.2 Å². The van der Waals surface area contributed by atoms with Crippen LogP contribution in [0.5, 0.6) is 17.2 Å². The molecule has 3 aromatic rings. The molecular formula is C21H18F2N2O4. The van der Waals surface area contributed by atoms with Gasteiger partial charge in [0.1, 0.15) is 12.4 Å². The Morgan fingerprint density at radius 3 is 2.45 bits per heavy atom. The number of carbonyl (C=O) groups excluding carboxylic acids is 1. The minimum Gasteiger partial charge on any atom is -0.493 e. The van der Waals surface area contributed by atoms with Gasteiger partial charge in [-0.05, 0) is 42.0 Å². The molecule has 0 fully saturated rings. The van der Waals surface area contributed by atoms with Crippen LogP contribution in [-0.2, 0) is 11.4 Å². The summed E-state index contributed by atoms with van der Waals surface area (Å²) in [5.74, 6) is -1.39. The lowest BCUT2D eigenvalue weighted by molar-refractivity contribution is -0.118. The van der Waals surface area contributed by atoms with Crippen LogP contribution in [0.25, 0.3) is 0 Å². The number of anilines is 1. The Hall–Kier alpha value is -3.68. The fourth-order valence-electron chi connectivity index (χ4n) is 2.44. The summed E-state index contributed by atoms with van der Waals surface area (Å²) in [6.07, 6.45) is 3.33. The molecule has 0 saturated heterocycles. The Bertz CT molecular complexity index is 984. The van der Waals surface area contributed by atoms with Crippen LogP contribution in [0.2, 0.25) is 0 Å². The molecule has 0 unspecified atom stereocenters. The van der Waals surface area contributed by atoms with Crippen LogP contribution >= 0.6 is 0 Å². The fraction of sp³-hybridized carbons (Fsp3) is 0.143. The molecule has 6 nitrogen and oxygen atoms in total. The molecule has 1 N–H and O–H groups in total. The van der Waals surface area contributed by atoms with Gasteiger partial charge in [0.2, 0.25) is 0 Å². The Labute approximate surface area is 166 Å². The summed E-state index contributed by atoms with van der Waals surface area (Å²) in [5.41, 5.74) is 1.37. The lowest BCUT2D eigenvalue weighted by atomic mass is 10.2. The maximum absolute atomic E-state index is 13.6. The van der Waals surface area contributed by atoms with Gasteiger partial charge in [-0.2, -0.15) is 0 Å². The second-order valence-corrected chi connectivity index (χ2v) is 5.92. The summed E-state index contributed by atoms with van der Waals surface area (Å²) in [6, 6.07) is 11.4. The lowest BCUT2D eigenvalue weighted by Crippen LogP contribution is -2.20. The van der Waals surface area contributed by atoms with Gasteiger partial charge in [0.15, 0.2) is 29.7 Å². The molecule has 0 spiro atoms. The van der Waals surface area contributed by atoms with Crippen molar-refractivity contribution in [3.05, 3.63) is 78.1 Å². The molecule has 0 saturated carbocycles. The number of pyridine rings is 1. The minimum absolute atomic E-state index is 0.211. The van der Waals surface area contributed by atoms with Crippen LogP contribution in [0, 0.1) is 11.6 Å². The van der Waals surface area contributed by atoms with E-state index < -0.39 is 24.1 Å². The Morgan fingerprint density at radius 2 is 1.72 bits per heavy atom. The summed E-state index contributed by atoms with van der Waals surface area (Å²) in [7, 11) is 1.51. The Balaban J connectivity index is 1.61. The number of rotatable bonds is 8. The monoisotopic (exact) mass is 400 g/mol. The van der Waals surface area contributed by atoms with E-state index in [1.165, 1.54) is 7.11 Å². The minimum atomic E-state index is -0.881. The molecule has 0 aliphatic carbocycles. The quantitative estimate of drug-likeness (QED) is 0.620. The number of amides is 1. The van der Waals surface area contributed by atoms with E-state index in [1.54, 1.807) is 30.6 Å². The first-order valence-electron chi connectivity index (χ1n) is 8.62. The van der Waals surface area contributed by atoms with E-state index in [0.29, 0.717) is 29.9 Å². The largest absolute Gasteiger partial charge is 0.493 e. The predicted molar refractivity (Wildman–Crippen MR) is 102 cm³/mol. The zero-order valence-corrected chi connectivity index (χ0v) is 15.5.